The Bertz CT molecular complexity index is 661. The number of rotatable bonds is 7. The zero-order valence-electron chi connectivity index (χ0n) is 18.0. The summed E-state index contributed by atoms with van der Waals surface area (Å²) in [5.41, 5.74) is 1.78. The van der Waals surface area contributed by atoms with Gasteiger partial charge in [-0.05, 0) is 73.5 Å². The van der Waals surface area contributed by atoms with Gasteiger partial charge in [-0.1, -0.05) is 63.5 Å². The molecule has 2 N–H and O–H groups in total. The average molecular weight is 387 g/mol. The van der Waals surface area contributed by atoms with Gasteiger partial charge in [-0.25, -0.2) is 4.79 Å². The van der Waals surface area contributed by atoms with E-state index >= 15 is 0 Å². The fraction of sp³-hybridized carbons (Fsp3) is 0.720. The van der Waals surface area contributed by atoms with Gasteiger partial charge in [-0.15, -0.1) is 0 Å². The smallest absolute Gasteiger partial charge is 0.328 e. The number of aliphatic hydroxyl groups is 1. The molecule has 28 heavy (non-hydrogen) atoms. The van der Waals surface area contributed by atoms with Gasteiger partial charge in [-0.3, -0.25) is 0 Å². The van der Waals surface area contributed by atoms with Crippen LogP contribution in [0.1, 0.15) is 66.2 Å². The Morgan fingerprint density at radius 2 is 1.96 bits per heavy atom. The van der Waals surface area contributed by atoms with E-state index in [-0.39, 0.29) is 11.5 Å². The van der Waals surface area contributed by atoms with E-state index in [4.69, 9.17) is 5.11 Å². The summed E-state index contributed by atoms with van der Waals surface area (Å²) in [6.45, 7) is 9.32. The number of aliphatic carboxylic acids is 1. The van der Waals surface area contributed by atoms with Crippen LogP contribution in [0.25, 0.3) is 0 Å². The van der Waals surface area contributed by atoms with Crippen LogP contribution in [0.2, 0.25) is 0 Å². The van der Waals surface area contributed by atoms with Crippen molar-refractivity contribution in [2.24, 2.45) is 40.9 Å². The van der Waals surface area contributed by atoms with E-state index in [0.29, 0.717) is 35.5 Å². The van der Waals surface area contributed by atoms with E-state index in [2.05, 4.69) is 39.8 Å². The molecule has 156 valence electrons. The molecule has 3 heteroatoms. The van der Waals surface area contributed by atoms with E-state index in [0.717, 1.165) is 19.3 Å². The molecule has 3 aliphatic carbocycles. The number of unbranched alkanes of at least 4 members (excludes halogenated alkanes) is 2. The summed E-state index contributed by atoms with van der Waals surface area (Å²) >= 11 is 0. The van der Waals surface area contributed by atoms with Gasteiger partial charge in [0.2, 0.25) is 0 Å². The van der Waals surface area contributed by atoms with Crippen molar-refractivity contribution in [3.05, 3.63) is 36.0 Å². The first-order valence-electron chi connectivity index (χ1n) is 11.2. The third-order valence-corrected chi connectivity index (χ3v) is 8.01. The molecule has 3 fully saturated rings. The lowest BCUT2D eigenvalue weighted by molar-refractivity contribution is -0.131. The molecule has 0 aromatic heterocycles. The highest BCUT2D eigenvalue weighted by molar-refractivity contribution is 5.80. The van der Waals surface area contributed by atoms with Crippen molar-refractivity contribution in [2.75, 3.05) is 0 Å². The van der Waals surface area contributed by atoms with Crippen molar-refractivity contribution in [3.63, 3.8) is 0 Å². The molecule has 3 nitrogen and oxygen atoms in total. The quantitative estimate of drug-likeness (QED) is 0.258. The van der Waals surface area contributed by atoms with Gasteiger partial charge >= 0.3 is 5.97 Å². The number of carbonyl (C=O) groups is 1. The molecule has 3 saturated carbocycles. The molecular weight excluding hydrogens is 348 g/mol. The van der Waals surface area contributed by atoms with Crippen LogP contribution in [0.15, 0.2) is 36.0 Å². The van der Waals surface area contributed by atoms with Crippen molar-refractivity contribution in [3.8, 4) is 0 Å². The van der Waals surface area contributed by atoms with Crippen molar-refractivity contribution in [1.29, 1.82) is 0 Å². The van der Waals surface area contributed by atoms with Crippen molar-refractivity contribution >= 4 is 5.97 Å². The number of hydrogen-bond acceptors (Lipinski definition) is 2. The Balaban J connectivity index is 1.95. The maximum Gasteiger partial charge on any atom is 0.328 e. The second kappa shape index (κ2) is 8.57. The highest BCUT2D eigenvalue weighted by Gasteiger charge is 2.68. The van der Waals surface area contributed by atoms with Crippen LogP contribution in [-0.2, 0) is 4.79 Å². The third-order valence-electron chi connectivity index (χ3n) is 8.01. The van der Waals surface area contributed by atoms with Crippen LogP contribution in [-0.4, -0.2) is 22.3 Å². The van der Waals surface area contributed by atoms with Crippen LogP contribution in [0.5, 0.6) is 0 Å². The molecular formula is C25H38O3. The minimum absolute atomic E-state index is 0.177. The van der Waals surface area contributed by atoms with E-state index < -0.39 is 5.97 Å². The number of carboxylic acids is 1. The molecule has 0 aliphatic heterocycles. The lowest BCUT2D eigenvalue weighted by Gasteiger charge is -2.52. The summed E-state index contributed by atoms with van der Waals surface area (Å²) in [6.07, 6.45) is 16.1. The van der Waals surface area contributed by atoms with Crippen LogP contribution in [0, 0.1) is 40.9 Å². The second-order valence-corrected chi connectivity index (χ2v) is 9.82. The summed E-state index contributed by atoms with van der Waals surface area (Å²) in [5, 5.41) is 19.8. The average Bonchev–Trinajstić information content (AvgIpc) is 3.32. The highest BCUT2D eigenvalue weighted by atomic mass is 16.4. The SMILES string of the molecule is CCCC/C=C(/C)[C@H]1[C@@H](/C=C/C=C/C(=O)O)[C@H]2[C@@H]([C@H]3C[C@]31C)[C@@H](O)CC[C@@H]2C. The largest absolute Gasteiger partial charge is 0.478 e. The normalized spacial score (nSPS) is 43.2. The van der Waals surface area contributed by atoms with Gasteiger partial charge in [0.15, 0.2) is 0 Å². The van der Waals surface area contributed by atoms with E-state index in [1.807, 2.05) is 6.08 Å². The summed E-state index contributed by atoms with van der Waals surface area (Å²) in [4.78, 5) is 10.8. The third kappa shape index (κ3) is 4.01. The summed E-state index contributed by atoms with van der Waals surface area (Å²) in [5.74, 6) is 2.07. The minimum Gasteiger partial charge on any atom is -0.478 e. The van der Waals surface area contributed by atoms with Crippen LogP contribution >= 0.6 is 0 Å². The molecule has 8 atom stereocenters. The molecule has 0 unspecified atom stereocenters. The van der Waals surface area contributed by atoms with E-state index in [9.17, 15) is 9.90 Å². The first-order valence-corrected chi connectivity index (χ1v) is 11.2. The predicted octanol–water partition coefficient (Wildman–Crippen LogP) is 5.62. The lowest BCUT2D eigenvalue weighted by Crippen LogP contribution is -2.49. The number of carboxylic acid groups (broad SMARTS) is 1. The summed E-state index contributed by atoms with van der Waals surface area (Å²) in [7, 11) is 0. The van der Waals surface area contributed by atoms with Crippen molar-refractivity contribution in [1.82, 2.24) is 0 Å². The molecule has 0 spiro atoms. The molecule has 0 saturated heterocycles. The fourth-order valence-corrected chi connectivity index (χ4v) is 6.69. The monoisotopic (exact) mass is 386 g/mol. The lowest BCUT2D eigenvalue weighted by atomic mass is 9.53. The molecule has 0 bridgehead atoms. The Kier molecular flexibility index (Phi) is 6.54. The van der Waals surface area contributed by atoms with Crippen LogP contribution < -0.4 is 0 Å². The molecule has 3 aliphatic rings. The fourth-order valence-electron chi connectivity index (χ4n) is 6.69. The number of fused-ring (bicyclic) bond motifs is 3. The van der Waals surface area contributed by atoms with Crippen molar-refractivity contribution < 1.29 is 15.0 Å². The maximum absolute atomic E-state index is 10.9. The molecule has 0 amide bonds. The maximum atomic E-state index is 10.9. The Labute approximate surface area is 170 Å². The number of allylic oxidation sites excluding steroid dienone is 5. The minimum atomic E-state index is -0.908. The molecule has 0 radical (unpaired) electrons. The number of hydrogen-bond donors (Lipinski definition) is 2. The standard InChI is InChI=1S/C25H38O3/c1-5-6-7-10-17(3)24-18(11-8-9-12-21(27)28)22-16(2)13-14-20(26)23(22)19-15-25(19,24)4/h8-12,16,18-20,22-24,26H,5-7,13-15H2,1-4H3,(H,27,28)/b11-8+,12-9+,17-10-/t16-,18-,19+,20-,22-,23-,24-,25+/m0/s1. The first-order chi connectivity index (χ1) is 13.3. The first kappa shape index (κ1) is 21.4. The van der Waals surface area contributed by atoms with Gasteiger partial charge < -0.3 is 10.2 Å². The zero-order chi connectivity index (χ0) is 20.5. The molecule has 3 rings (SSSR count). The van der Waals surface area contributed by atoms with E-state index in [1.165, 1.54) is 30.9 Å². The van der Waals surface area contributed by atoms with Gasteiger partial charge in [0.05, 0.1) is 6.10 Å². The second-order valence-electron chi connectivity index (χ2n) is 9.82. The van der Waals surface area contributed by atoms with Crippen molar-refractivity contribution in [2.45, 2.75) is 72.3 Å². The Morgan fingerprint density at radius 1 is 1.21 bits per heavy atom. The van der Waals surface area contributed by atoms with Crippen LogP contribution in [0.4, 0.5) is 0 Å². The predicted molar refractivity (Wildman–Crippen MR) is 114 cm³/mol. The zero-order valence-corrected chi connectivity index (χ0v) is 18.0. The molecule has 0 aromatic rings. The number of aliphatic hydroxyl groups excluding tert-OH is 1. The topological polar surface area (TPSA) is 57.5 Å². The van der Waals surface area contributed by atoms with Gasteiger partial charge in [0.1, 0.15) is 0 Å². The summed E-state index contributed by atoms with van der Waals surface area (Å²) in [6, 6.07) is 0. The van der Waals surface area contributed by atoms with Crippen LogP contribution in [0.3, 0.4) is 0 Å². The summed E-state index contributed by atoms with van der Waals surface area (Å²) < 4.78 is 0. The van der Waals surface area contributed by atoms with E-state index in [1.54, 1.807) is 6.08 Å². The molecule has 0 aromatic carbocycles. The van der Waals surface area contributed by atoms with Gasteiger partial charge in [0.25, 0.3) is 0 Å². The van der Waals surface area contributed by atoms with Gasteiger partial charge in [-0.2, -0.15) is 0 Å². The Hall–Kier alpha value is -1.35. The van der Waals surface area contributed by atoms with Gasteiger partial charge in [0, 0.05) is 6.08 Å². The Morgan fingerprint density at radius 3 is 2.64 bits per heavy atom. The molecule has 0 heterocycles. The highest BCUT2D eigenvalue weighted by Crippen LogP contribution is 2.73.